The fourth-order valence-electron chi connectivity index (χ4n) is 10.3. The molecule has 7 aliphatic rings. The molecule has 0 aliphatic heterocycles. The Hall–Kier alpha value is -1.82. The second-order valence-corrected chi connectivity index (χ2v) is 13.8. The van der Waals surface area contributed by atoms with Gasteiger partial charge in [0, 0.05) is 0 Å². The number of rotatable bonds is 4. The molecule has 4 unspecified atom stereocenters. The molecule has 0 saturated heterocycles. The fourth-order valence-corrected chi connectivity index (χ4v) is 10.3. The minimum Gasteiger partial charge on any atom is -0.0850 e. The second-order valence-electron chi connectivity index (χ2n) is 13.8. The normalized spacial score (nSPS) is 40.5. The topological polar surface area (TPSA) is 0 Å². The second kappa shape index (κ2) is 11.0. The van der Waals surface area contributed by atoms with Crippen molar-refractivity contribution in [3.05, 3.63) is 82.5 Å². The number of hydrogen-bond acceptors (Lipinski definition) is 0. The molecule has 7 aliphatic carbocycles. The van der Waals surface area contributed by atoms with E-state index < -0.39 is 0 Å². The van der Waals surface area contributed by atoms with Crippen LogP contribution in [-0.2, 0) is 0 Å². The van der Waals surface area contributed by atoms with E-state index >= 15 is 0 Å². The van der Waals surface area contributed by atoms with E-state index in [0.29, 0.717) is 0 Å². The van der Waals surface area contributed by atoms with Gasteiger partial charge in [0.25, 0.3) is 0 Å². The van der Waals surface area contributed by atoms with Gasteiger partial charge in [-0.25, -0.2) is 0 Å². The summed E-state index contributed by atoms with van der Waals surface area (Å²) in [4.78, 5) is 0. The number of fused-ring (bicyclic) bond motifs is 3. The molecule has 0 heteroatoms. The molecule has 0 amide bonds. The van der Waals surface area contributed by atoms with E-state index in [1.165, 1.54) is 96.3 Å². The average molecular weight is 507 g/mol. The lowest BCUT2D eigenvalue weighted by Crippen LogP contribution is -2.42. The third kappa shape index (κ3) is 4.53. The van der Waals surface area contributed by atoms with E-state index in [0.717, 1.165) is 47.3 Å². The highest BCUT2D eigenvalue weighted by Crippen LogP contribution is 2.59. The van der Waals surface area contributed by atoms with Crippen LogP contribution in [0.4, 0.5) is 0 Å². The smallest absolute Gasteiger partial charge is 0.00873 e. The van der Waals surface area contributed by atoms with Crippen molar-refractivity contribution in [3.63, 3.8) is 0 Å². The van der Waals surface area contributed by atoms with Crippen molar-refractivity contribution in [1.82, 2.24) is 0 Å². The van der Waals surface area contributed by atoms with Crippen LogP contribution in [0.15, 0.2) is 82.5 Å². The van der Waals surface area contributed by atoms with Crippen LogP contribution in [0.1, 0.15) is 103 Å². The summed E-state index contributed by atoms with van der Waals surface area (Å²) in [6, 6.07) is 0. The van der Waals surface area contributed by atoms with E-state index in [4.69, 9.17) is 0 Å². The fraction of sp³-hybridized carbons (Fsp3) is 0.632. The third-order valence-corrected chi connectivity index (χ3v) is 12.1. The largest absolute Gasteiger partial charge is 0.0850 e. The van der Waals surface area contributed by atoms with Crippen LogP contribution < -0.4 is 0 Å². The zero-order valence-electron chi connectivity index (χ0n) is 23.9. The van der Waals surface area contributed by atoms with Crippen LogP contribution in [0, 0.1) is 47.3 Å². The summed E-state index contributed by atoms with van der Waals surface area (Å²) in [6.45, 7) is 2.37. The maximum atomic E-state index is 2.73. The van der Waals surface area contributed by atoms with E-state index in [1.54, 1.807) is 5.57 Å². The molecule has 38 heavy (non-hydrogen) atoms. The van der Waals surface area contributed by atoms with Crippen molar-refractivity contribution in [2.75, 3.05) is 0 Å². The maximum absolute atomic E-state index is 2.73. The Balaban J connectivity index is 1.24. The van der Waals surface area contributed by atoms with Gasteiger partial charge in [0.2, 0.25) is 0 Å². The SMILES string of the molecule is CCC1=CCC2C(=C1)C(C1CCCC3=CCCC[C@H]31)=C1C=CCC[C@@H]1C2C1CCC(C2C=CC=CC2)CC1. The predicted molar refractivity (Wildman–Crippen MR) is 162 cm³/mol. The molecule has 2 saturated carbocycles. The molecule has 0 bridgehead atoms. The molecule has 0 aromatic heterocycles. The van der Waals surface area contributed by atoms with Crippen molar-refractivity contribution in [2.24, 2.45) is 47.3 Å². The third-order valence-electron chi connectivity index (χ3n) is 12.1. The molecule has 0 heterocycles. The van der Waals surface area contributed by atoms with Gasteiger partial charge in [0.1, 0.15) is 0 Å². The van der Waals surface area contributed by atoms with Crippen LogP contribution in [0.5, 0.6) is 0 Å². The van der Waals surface area contributed by atoms with Crippen LogP contribution >= 0.6 is 0 Å². The summed E-state index contributed by atoms with van der Waals surface area (Å²) < 4.78 is 0. The maximum Gasteiger partial charge on any atom is -0.00873 e. The Labute approximate surface area is 232 Å². The standard InChI is InChI=1S/C38H50/c1-2-26-19-24-35-36(25-26)38(32-18-10-14-29-13-6-7-15-31(29)32)34-17-9-8-16-33(34)37(35)30-22-20-28(21-23-30)27-11-4-3-5-12-27/h3-5,9,11,13,17,19,25,27-28,30-33,35,37H,2,6-8,10,12,14-16,18,20-24H2,1H3/t27?,28?,30?,31-,32?,33+,35?,37?/m1/s1. The van der Waals surface area contributed by atoms with Gasteiger partial charge >= 0.3 is 0 Å². The molecular weight excluding hydrogens is 456 g/mol. The first kappa shape index (κ1) is 25.2. The number of hydrogen-bond donors (Lipinski definition) is 0. The quantitative estimate of drug-likeness (QED) is 0.333. The highest BCUT2D eigenvalue weighted by Gasteiger charge is 2.48. The Kier molecular flexibility index (Phi) is 7.27. The molecular formula is C38H50. The molecule has 0 aromatic carbocycles. The molecule has 7 rings (SSSR count). The summed E-state index contributed by atoms with van der Waals surface area (Å²) in [5.41, 5.74) is 8.97. The highest BCUT2D eigenvalue weighted by molar-refractivity contribution is 5.54. The van der Waals surface area contributed by atoms with Crippen LogP contribution in [0.2, 0.25) is 0 Å². The molecule has 0 aromatic rings. The summed E-state index contributed by atoms with van der Waals surface area (Å²) in [5, 5.41) is 0. The van der Waals surface area contributed by atoms with Crippen LogP contribution in [0.25, 0.3) is 0 Å². The zero-order chi connectivity index (χ0) is 25.5. The van der Waals surface area contributed by atoms with Gasteiger partial charge < -0.3 is 0 Å². The van der Waals surface area contributed by atoms with Gasteiger partial charge in [-0.2, -0.15) is 0 Å². The Bertz CT molecular complexity index is 1110. The highest BCUT2D eigenvalue weighted by atomic mass is 14.5. The van der Waals surface area contributed by atoms with E-state index in [-0.39, 0.29) is 0 Å². The van der Waals surface area contributed by atoms with Crippen LogP contribution in [-0.4, -0.2) is 0 Å². The Morgan fingerprint density at radius 2 is 1.61 bits per heavy atom. The van der Waals surface area contributed by atoms with Gasteiger partial charge in [-0.05, 0) is 160 Å². The lowest BCUT2D eigenvalue weighted by molar-refractivity contribution is 0.102. The molecule has 0 radical (unpaired) electrons. The van der Waals surface area contributed by atoms with Gasteiger partial charge in [0.15, 0.2) is 0 Å². The van der Waals surface area contributed by atoms with Gasteiger partial charge in [0.05, 0.1) is 0 Å². The lowest BCUT2D eigenvalue weighted by Gasteiger charge is -2.52. The van der Waals surface area contributed by atoms with Gasteiger partial charge in [-0.3, -0.25) is 0 Å². The lowest BCUT2D eigenvalue weighted by atomic mass is 9.52. The molecule has 0 N–H and O–H groups in total. The molecule has 0 nitrogen and oxygen atoms in total. The number of allylic oxidation sites excluding steroid dienone is 14. The van der Waals surface area contributed by atoms with Crippen LogP contribution in [0.3, 0.4) is 0 Å². The first-order chi connectivity index (χ1) is 18.8. The molecule has 0 spiro atoms. The van der Waals surface area contributed by atoms with Crippen molar-refractivity contribution in [3.8, 4) is 0 Å². The first-order valence-electron chi connectivity index (χ1n) is 16.7. The van der Waals surface area contributed by atoms with E-state index in [1.807, 2.05) is 22.3 Å². The van der Waals surface area contributed by atoms with E-state index in [2.05, 4.69) is 61.6 Å². The Morgan fingerprint density at radius 1 is 0.737 bits per heavy atom. The Morgan fingerprint density at radius 3 is 2.45 bits per heavy atom. The predicted octanol–water partition coefficient (Wildman–Crippen LogP) is 10.6. The average Bonchev–Trinajstić information content (AvgIpc) is 3.00. The van der Waals surface area contributed by atoms with Crippen molar-refractivity contribution in [2.45, 2.75) is 103 Å². The minimum atomic E-state index is 0.776. The zero-order valence-corrected chi connectivity index (χ0v) is 23.9. The van der Waals surface area contributed by atoms with Gasteiger partial charge in [-0.15, -0.1) is 0 Å². The first-order valence-corrected chi connectivity index (χ1v) is 16.7. The summed E-state index contributed by atoms with van der Waals surface area (Å²) >= 11 is 0. The van der Waals surface area contributed by atoms with E-state index in [9.17, 15) is 0 Å². The minimum absolute atomic E-state index is 0.776. The van der Waals surface area contributed by atoms with Gasteiger partial charge in [-0.1, -0.05) is 72.8 Å². The van der Waals surface area contributed by atoms with Crippen molar-refractivity contribution >= 4 is 0 Å². The summed E-state index contributed by atoms with van der Waals surface area (Å²) in [5.74, 6) is 6.71. The molecule has 202 valence electrons. The summed E-state index contributed by atoms with van der Waals surface area (Å²) in [6.07, 6.45) is 43.5. The van der Waals surface area contributed by atoms with Crippen molar-refractivity contribution in [1.29, 1.82) is 0 Å². The monoisotopic (exact) mass is 506 g/mol. The van der Waals surface area contributed by atoms with Crippen molar-refractivity contribution < 1.29 is 0 Å². The summed E-state index contributed by atoms with van der Waals surface area (Å²) in [7, 11) is 0. The molecule has 6 atom stereocenters. The molecule has 2 fully saturated rings.